The highest BCUT2D eigenvalue weighted by Crippen LogP contribution is 2.24. The molecule has 0 saturated carbocycles. The maximum atomic E-state index is 12.4. The summed E-state index contributed by atoms with van der Waals surface area (Å²) in [5, 5.41) is 11.5. The number of rotatable bonds is 5. The first kappa shape index (κ1) is 15.7. The van der Waals surface area contributed by atoms with Crippen LogP contribution in [0.25, 0.3) is 11.0 Å². The molecule has 0 bridgehead atoms. The summed E-state index contributed by atoms with van der Waals surface area (Å²) >= 11 is 0. The fourth-order valence-electron chi connectivity index (χ4n) is 2.35. The Labute approximate surface area is 138 Å². The molecule has 122 valence electrons. The van der Waals surface area contributed by atoms with Gasteiger partial charge in [-0.15, -0.1) is 0 Å². The van der Waals surface area contributed by atoms with Gasteiger partial charge in [0.05, 0.1) is 6.61 Å². The summed E-state index contributed by atoms with van der Waals surface area (Å²) < 4.78 is 11.0. The maximum absolute atomic E-state index is 12.4. The van der Waals surface area contributed by atoms with Gasteiger partial charge in [-0.2, -0.15) is 0 Å². The fourth-order valence-corrected chi connectivity index (χ4v) is 2.35. The second kappa shape index (κ2) is 6.95. The molecule has 1 amide bonds. The van der Waals surface area contributed by atoms with Crippen LogP contribution in [-0.4, -0.2) is 17.5 Å². The van der Waals surface area contributed by atoms with Gasteiger partial charge in [-0.25, -0.2) is 0 Å². The summed E-state index contributed by atoms with van der Waals surface area (Å²) in [7, 11) is 0. The summed E-state index contributed by atoms with van der Waals surface area (Å²) in [6.45, 7) is 2.71. The Morgan fingerprint density at radius 3 is 2.96 bits per heavy atom. The van der Waals surface area contributed by atoms with Gasteiger partial charge in [0.2, 0.25) is 5.55 Å². The Kier molecular flexibility index (Phi) is 4.56. The number of amides is 1. The van der Waals surface area contributed by atoms with Crippen LogP contribution in [0.15, 0.2) is 53.2 Å². The first-order valence-electron chi connectivity index (χ1n) is 7.60. The molecule has 0 aliphatic carbocycles. The highest BCUT2D eigenvalue weighted by molar-refractivity contribution is 5.97. The predicted octanol–water partition coefficient (Wildman–Crippen LogP) is 2.64. The zero-order valence-electron chi connectivity index (χ0n) is 13.2. The van der Waals surface area contributed by atoms with Gasteiger partial charge in [0.25, 0.3) is 5.91 Å². The molecule has 2 heterocycles. The van der Waals surface area contributed by atoms with Crippen molar-refractivity contribution in [3.05, 3.63) is 65.5 Å². The Morgan fingerprint density at radius 2 is 2.21 bits per heavy atom. The summed E-state index contributed by atoms with van der Waals surface area (Å²) in [4.78, 5) is 16.4. The molecule has 2 N–H and O–H groups in total. The number of benzene rings is 1. The van der Waals surface area contributed by atoms with E-state index in [9.17, 15) is 4.79 Å². The molecule has 6 heteroatoms. The zero-order valence-corrected chi connectivity index (χ0v) is 13.2. The number of carbonyl (C=O) groups excluding carboxylic acids is 1. The van der Waals surface area contributed by atoms with E-state index in [4.69, 9.17) is 14.6 Å². The van der Waals surface area contributed by atoms with E-state index in [0.29, 0.717) is 29.9 Å². The first-order chi connectivity index (χ1) is 11.7. The summed E-state index contributed by atoms with van der Waals surface area (Å²) in [5.74, 6) is 0.196. The molecule has 2 aromatic heterocycles. The van der Waals surface area contributed by atoms with Crippen molar-refractivity contribution in [3.8, 4) is 5.75 Å². The zero-order chi connectivity index (χ0) is 16.9. The Morgan fingerprint density at radius 1 is 1.33 bits per heavy atom. The van der Waals surface area contributed by atoms with Crippen LogP contribution in [0, 0.1) is 5.41 Å². The average molecular weight is 323 g/mol. The van der Waals surface area contributed by atoms with Crippen LogP contribution < -0.4 is 15.6 Å². The number of nitrogens with zero attached hydrogens (tertiary/aromatic N) is 1. The second-order valence-corrected chi connectivity index (χ2v) is 5.14. The Balaban J connectivity index is 1.88. The molecule has 0 atom stereocenters. The number of carbonyl (C=O) groups is 1. The molecule has 1 aromatic carbocycles. The molecule has 0 aliphatic rings. The second-order valence-electron chi connectivity index (χ2n) is 5.14. The number of hydrogen-bond acceptors (Lipinski definition) is 5. The van der Waals surface area contributed by atoms with Crippen LogP contribution in [0.4, 0.5) is 0 Å². The number of hydrogen-bond donors (Lipinski definition) is 2. The average Bonchev–Trinajstić information content (AvgIpc) is 2.61. The highest BCUT2D eigenvalue weighted by Gasteiger charge is 2.13. The molecule has 0 saturated heterocycles. The van der Waals surface area contributed by atoms with E-state index in [2.05, 4.69) is 10.3 Å². The standard InChI is InChI=1S/C18H17N3O3/c1-2-23-15-7-3-6-13-9-14(17(19)24-16(13)15)18(22)21-11-12-5-4-8-20-10-12/h3-10,19H,2,11H2,1H3,(H,21,22). The molecule has 6 nitrogen and oxygen atoms in total. The molecule has 0 fully saturated rings. The molecule has 24 heavy (non-hydrogen) atoms. The van der Waals surface area contributed by atoms with Gasteiger partial charge < -0.3 is 14.5 Å². The van der Waals surface area contributed by atoms with E-state index >= 15 is 0 Å². The molecular weight excluding hydrogens is 306 g/mol. The van der Waals surface area contributed by atoms with E-state index in [-0.39, 0.29) is 17.0 Å². The third-order valence-corrected chi connectivity index (χ3v) is 3.48. The lowest BCUT2D eigenvalue weighted by atomic mass is 10.1. The smallest absolute Gasteiger partial charge is 0.257 e. The van der Waals surface area contributed by atoms with E-state index in [0.717, 1.165) is 5.56 Å². The molecule has 0 spiro atoms. The van der Waals surface area contributed by atoms with E-state index in [1.165, 1.54) is 0 Å². The molecule has 0 unspecified atom stereocenters. The predicted molar refractivity (Wildman–Crippen MR) is 88.6 cm³/mol. The van der Waals surface area contributed by atoms with Gasteiger partial charge in [0.15, 0.2) is 11.3 Å². The third kappa shape index (κ3) is 3.27. The number of para-hydroxylation sites is 1. The summed E-state index contributed by atoms with van der Waals surface area (Å²) in [6.07, 6.45) is 3.35. The van der Waals surface area contributed by atoms with Crippen LogP contribution in [-0.2, 0) is 6.54 Å². The van der Waals surface area contributed by atoms with Crippen molar-refractivity contribution in [2.45, 2.75) is 13.5 Å². The maximum Gasteiger partial charge on any atom is 0.257 e. The normalized spacial score (nSPS) is 10.5. The van der Waals surface area contributed by atoms with Gasteiger partial charge in [-0.05, 0) is 30.7 Å². The minimum absolute atomic E-state index is 0.181. The quantitative estimate of drug-likeness (QED) is 0.755. The van der Waals surface area contributed by atoms with Crippen molar-refractivity contribution in [2.75, 3.05) is 6.61 Å². The van der Waals surface area contributed by atoms with E-state index in [1.54, 1.807) is 30.6 Å². The lowest BCUT2D eigenvalue weighted by Gasteiger charge is -2.09. The molecule has 3 aromatic rings. The van der Waals surface area contributed by atoms with Crippen molar-refractivity contribution in [3.63, 3.8) is 0 Å². The number of fused-ring (bicyclic) bond motifs is 1. The van der Waals surface area contributed by atoms with Gasteiger partial charge >= 0.3 is 0 Å². The van der Waals surface area contributed by atoms with Gasteiger partial charge in [0.1, 0.15) is 5.56 Å². The van der Waals surface area contributed by atoms with E-state index in [1.807, 2.05) is 25.1 Å². The fraction of sp³-hybridized carbons (Fsp3) is 0.167. The molecule has 0 aliphatic heterocycles. The molecular formula is C18H17N3O3. The van der Waals surface area contributed by atoms with E-state index < -0.39 is 0 Å². The number of pyridine rings is 1. The monoisotopic (exact) mass is 323 g/mol. The Bertz CT molecular complexity index is 920. The van der Waals surface area contributed by atoms with Crippen molar-refractivity contribution >= 4 is 16.9 Å². The SMILES string of the molecule is CCOc1cccc2cc(C(=O)NCc3cccnc3)c(=N)oc12. The van der Waals surface area contributed by atoms with Crippen LogP contribution in [0.3, 0.4) is 0 Å². The minimum atomic E-state index is -0.365. The number of nitrogens with one attached hydrogen (secondary N) is 2. The number of ether oxygens (including phenoxy) is 1. The van der Waals surface area contributed by atoms with Crippen molar-refractivity contribution < 1.29 is 13.9 Å². The van der Waals surface area contributed by atoms with Crippen LogP contribution in [0.1, 0.15) is 22.8 Å². The van der Waals surface area contributed by atoms with Gasteiger partial charge in [-0.3, -0.25) is 15.2 Å². The highest BCUT2D eigenvalue weighted by atomic mass is 16.5. The van der Waals surface area contributed by atoms with Crippen molar-refractivity contribution in [1.82, 2.24) is 10.3 Å². The molecule has 0 radical (unpaired) electrons. The van der Waals surface area contributed by atoms with Crippen molar-refractivity contribution in [2.24, 2.45) is 0 Å². The third-order valence-electron chi connectivity index (χ3n) is 3.48. The van der Waals surface area contributed by atoms with Crippen LogP contribution in [0.5, 0.6) is 5.75 Å². The summed E-state index contributed by atoms with van der Waals surface area (Å²) in [5.41, 5.74) is 1.33. The summed E-state index contributed by atoms with van der Waals surface area (Å²) in [6, 6.07) is 10.7. The molecule has 3 rings (SSSR count). The van der Waals surface area contributed by atoms with Crippen molar-refractivity contribution in [1.29, 1.82) is 5.41 Å². The van der Waals surface area contributed by atoms with Crippen LogP contribution >= 0.6 is 0 Å². The van der Waals surface area contributed by atoms with Gasteiger partial charge in [0, 0.05) is 24.3 Å². The lowest BCUT2D eigenvalue weighted by Crippen LogP contribution is -2.28. The van der Waals surface area contributed by atoms with Gasteiger partial charge in [-0.1, -0.05) is 18.2 Å². The number of aromatic nitrogens is 1. The first-order valence-corrected chi connectivity index (χ1v) is 7.60. The Hall–Kier alpha value is -3.15. The topological polar surface area (TPSA) is 88.2 Å². The minimum Gasteiger partial charge on any atom is -0.490 e. The largest absolute Gasteiger partial charge is 0.490 e. The van der Waals surface area contributed by atoms with Crippen LogP contribution in [0.2, 0.25) is 0 Å². The lowest BCUT2D eigenvalue weighted by molar-refractivity contribution is 0.0946.